The zero-order valence-corrected chi connectivity index (χ0v) is 9.60. The molecule has 0 spiro atoms. The Labute approximate surface area is 102 Å². The Morgan fingerprint density at radius 2 is 1.94 bits per heavy atom. The van der Waals surface area contributed by atoms with Crippen molar-refractivity contribution in [1.82, 2.24) is 4.98 Å². The van der Waals surface area contributed by atoms with Crippen LogP contribution in [0.15, 0.2) is 24.5 Å². The van der Waals surface area contributed by atoms with Crippen LogP contribution in [0.4, 0.5) is 5.69 Å². The van der Waals surface area contributed by atoms with Crippen LogP contribution in [0.1, 0.15) is 14.3 Å². The summed E-state index contributed by atoms with van der Waals surface area (Å²) >= 11 is 0. The monoisotopic (exact) mass is 242 g/mol. The predicted octanol–water partition coefficient (Wildman–Crippen LogP) is -1.50. The zero-order valence-electron chi connectivity index (χ0n) is 9.84. The first-order valence-corrected chi connectivity index (χ1v) is 5.15. The van der Waals surface area contributed by atoms with Crippen molar-refractivity contribution >= 4 is 11.7 Å². The van der Waals surface area contributed by atoms with Crippen molar-refractivity contribution < 1.29 is 23.7 Å². The minimum absolute atomic E-state index is 0. The number of hydrogen-bond acceptors (Lipinski definition) is 3. The number of rotatable bonds is 2. The molecule has 0 amide bonds. The molecule has 0 saturated carbocycles. The molecule has 4 nitrogen and oxygen atoms in total. The summed E-state index contributed by atoms with van der Waals surface area (Å²) in [7, 11) is 0. The molecule has 16 heavy (non-hydrogen) atoms. The molecule has 0 unspecified atom stereocenters. The lowest BCUT2D eigenvalue weighted by Crippen LogP contribution is -3.00. The van der Waals surface area contributed by atoms with Crippen LogP contribution in [0.2, 0.25) is 0 Å². The summed E-state index contributed by atoms with van der Waals surface area (Å²) in [4.78, 5) is 16.9. The number of hydrogen-bond donors (Lipinski definition) is 1. The van der Waals surface area contributed by atoms with Crippen LogP contribution in [0.3, 0.4) is 0 Å². The van der Waals surface area contributed by atoms with Gasteiger partial charge in [-0.25, -0.2) is 0 Å². The Morgan fingerprint density at radius 1 is 1.38 bits per heavy atom. The molecular formula is C11H15ClN2O2. The number of carboxylic acids is 1. The van der Waals surface area contributed by atoms with Crippen LogP contribution in [0.5, 0.6) is 0 Å². The Bertz CT molecular complexity index is 343. The van der Waals surface area contributed by atoms with Gasteiger partial charge in [-0.2, -0.15) is 0 Å². The normalized spacial score (nSPS) is 16.6. The number of pyridine rings is 1. The Hall–Kier alpha value is -1.29. The molecule has 5 heteroatoms. The fourth-order valence-electron chi connectivity index (χ4n) is 1.94. The summed E-state index contributed by atoms with van der Waals surface area (Å²) in [6, 6.07) is 3.92. The number of nitrogens with zero attached hydrogens (tertiary/aromatic N) is 2. The maximum Gasteiger partial charge on any atom is 1.00 e. The lowest BCUT2D eigenvalue weighted by molar-refractivity contribution is -0.142. The van der Waals surface area contributed by atoms with Gasteiger partial charge in [0.15, 0.2) is 0 Å². The fraction of sp³-hybridized carbons (Fsp3) is 0.455. The van der Waals surface area contributed by atoms with Gasteiger partial charge in [0.05, 0.1) is 5.92 Å². The summed E-state index contributed by atoms with van der Waals surface area (Å²) in [5.41, 5.74) is 1.13. The molecule has 1 aromatic rings. The van der Waals surface area contributed by atoms with E-state index in [1.165, 1.54) is 0 Å². The Balaban J connectivity index is 0.00000128. The molecule has 88 valence electrons. The van der Waals surface area contributed by atoms with Crippen LogP contribution >= 0.6 is 0 Å². The Morgan fingerprint density at radius 3 is 2.44 bits per heavy atom. The van der Waals surface area contributed by atoms with Gasteiger partial charge in [0.1, 0.15) is 0 Å². The van der Waals surface area contributed by atoms with Gasteiger partial charge >= 0.3 is 7.40 Å². The highest BCUT2D eigenvalue weighted by Gasteiger charge is 2.24. The molecule has 1 aromatic heterocycles. The van der Waals surface area contributed by atoms with Gasteiger partial charge in [-0.05, 0) is 25.0 Å². The molecule has 1 N–H and O–H groups in total. The zero-order chi connectivity index (χ0) is 10.7. The topological polar surface area (TPSA) is 53.4 Å². The minimum Gasteiger partial charge on any atom is -1.00 e. The molecule has 0 radical (unpaired) electrons. The molecule has 0 aliphatic carbocycles. The maximum absolute atomic E-state index is 10.8. The Kier molecular flexibility index (Phi) is 4.55. The van der Waals surface area contributed by atoms with Gasteiger partial charge in [0.2, 0.25) is 0 Å². The molecule has 0 atom stereocenters. The van der Waals surface area contributed by atoms with E-state index in [0.717, 1.165) is 31.6 Å². The van der Waals surface area contributed by atoms with Crippen LogP contribution in [-0.2, 0) is 4.79 Å². The van der Waals surface area contributed by atoms with Crippen molar-refractivity contribution in [2.75, 3.05) is 18.0 Å². The standard InChI is InChI=1S/C11H14N2O2.ClH/c14-11(15)9-3-7-13(8-4-9)10-1-5-12-6-2-10;/h1-2,5-6,9H,3-4,7-8H2,(H,14,15);1H. The first-order valence-electron chi connectivity index (χ1n) is 5.15. The highest BCUT2D eigenvalue weighted by atomic mass is 35.5. The molecule has 2 rings (SSSR count). The molecule has 2 heterocycles. The third-order valence-corrected chi connectivity index (χ3v) is 2.87. The molecule has 1 fully saturated rings. The van der Waals surface area contributed by atoms with E-state index in [9.17, 15) is 4.79 Å². The quantitative estimate of drug-likeness (QED) is 0.686. The smallest absolute Gasteiger partial charge is 1.00 e. The molecule has 1 aliphatic heterocycles. The van der Waals surface area contributed by atoms with E-state index >= 15 is 0 Å². The molecule has 0 bridgehead atoms. The second-order valence-corrected chi connectivity index (χ2v) is 3.80. The maximum atomic E-state index is 10.8. The van der Waals surface area contributed by atoms with E-state index in [1.807, 2.05) is 12.1 Å². The predicted molar refractivity (Wildman–Crippen MR) is 57.9 cm³/mol. The first kappa shape index (κ1) is 12.8. The lowest BCUT2D eigenvalue weighted by atomic mass is 9.97. The minimum atomic E-state index is -0.663. The number of anilines is 1. The fourth-order valence-corrected chi connectivity index (χ4v) is 1.94. The van der Waals surface area contributed by atoms with Gasteiger partial charge in [-0.3, -0.25) is 9.78 Å². The number of aromatic nitrogens is 1. The van der Waals surface area contributed by atoms with E-state index in [-0.39, 0.29) is 19.8 Å². The van der Waals surface area contributed by atoms with Gasteiger partial charge in [0, 0.05) is 31.2 Å². The third kappa shape index (κ3) is 2.85. The van der Waals surface area contributed by atoms with Crippen molar-refractivity contribution in [2.24, 2.45) is 5.92 Å². The van der Waals surface area contributed by atoms with Crippen molar-refractivity contribution in [1.29, 1.82) is 0 Å². The van der Waals surface area contributed by atoms with Crippen LogP contribution in [-0.4, -0.2) is 29.1 Å². The van der Waals surface area contributed by atoms with E-state index in [2.05, 4.69) is 9.88 Å². The van der Waals surface area contributed by atoms with Crippen LogP contribution in [0, 0.1) is 5.92 Å². The summed E-state index contributed by atoms with van der Waals surface area (Å²) in [6.07, 6.45) is 4.99. The van der Waals surface area contributed by atoms with Crippen LogP contribution < -0.4 is 17.3 Å². The lowest BCUT2D eigenvalue weighted by Gasteiger charge is -2.31. The summed E-state index contributed by atoms with van der Waals surface area (Å²) in [5, 5.41) is 8.87. The first-order chi connectivity index (χ1) is 7.27. The molecule has 0 aromatic carbocycles. The number of carboxylic acid groups (broad SMARTS) is 1. The highest BCUT2D eigenvalue weighted by Crippen LogP contribution is 2.22. The van der Waals surface area contributed by atoms with Crippen LogP contribution in [0.25, 0.3) is 0 Å². The number of halogens is 1. The van der Waals surface area contributed by atoms with Gasteiger partial charge < -0.3 is 22.4 Å². The van der Waals surface area contributed by atoms with Gasteiger partial charge in [-0.1, -0.05) is 0 Å². The SMILES string of the molecule is O=C(O)C1CCN(c2ccncc2)CC1.[Cl-].[H+]. The van der Waals surface area contributed by atoms with E-state index in [1.54, 1.807) is 12.4 Å². The molecule has 1 saturated heterocycles. The second-order valence-electron chi connectivity index (χ2n) is 3.80. The molecular weight excluding hydrogens is 228 g/mol. The largest absolute Gasteiger partial charge is 1.00 e. The van der Waals surface area contributed by atoms with E-state index in [4.69, 9.17) is 5.11 Å². The summed E-state index contributed by atoms with van der Waals surface area (Å²) < 4.78 is 0. The average molecular weight is 243 g/mol. The van der Waals surface area contributed by atoms with Gasteiger partial charge in [0.25, 0.3) is 0 Å². The number of carbonyl (C=O) groups is 1. The average Bonchev–Trinajstić information content (AvgIpc) is 2.30. The van der Waals surface area contributed by atoms with E-state index in [0.29, 0.717) is 0 Å². The molecule has 1 aliphatic rings. The number of aliphatic carboxylic acids is 1. The highest BCUT2D eigenvalue weighted by molar-refractivity contribution is 5.70. The van der Waals surface area contributed by atoms with Gasteiger partial charge in [-0.15, -0.1) is 0 Å². The summed E-state index contributed by atoms with van der Waals surface area (Å²) in [6.45, 7) is 1.64. The van der Waals surface area contributed by atoms with Crippen molar-refractivity contribution in [2.45, 2.75) is 12.8 Å². The van der Waals surface area contributed by atoms with Crippen molar-refractivity contribution in [3.63, 3.8) is 0 Å². The summed E-state index contributed by atoms with van der Waals surface area (Å²) in [5.74, 6) is -0.826. The van der Waals surface area contributed by atoms with Crippen molar-refractivity contribution in [3.05, 3.63) is 24.5 Å². The van der Waals surface area contributed by atoms with E-state index < -0.39 is 5.97 Å². The number of piperidine rings is 1. The van der Waals surface area contributed by atoms with Crippen molar-refractivity contribution in [3.8, 4) is 0 Å². The third-order valence-electron chi connectivity index (χ3n) is 2.87. The second kappa shape index (κ2) is 5.70.